The van der Waals surface area contributed by atoms with Gasteiger partial charge in [0.15, 0.2) is 0 Å². The molecule has 2 N–H and O–H groups in total. The van der Waals surface area contributed by atoms with E-state index < -0.39 is 0 Å². The minimum Gasteiger partial charge on any atom is -0.473 e. The number of nitrogens with zero attached hydrogens (tertiary/aromatic N) is 1. The molecule has 0 radical (unpaired) electrons. The molecule has 0 bridgehead atoms. The lowest BCUT2D eigenvalue weighted by atomic mass is 9.95. The van der Waals surface area contributed by atoms with E-state index in [0.29, 0.717) is 17.7 Å². The van der Waals surface area contributed by atoms with Crippen LogP contribution in [0.25, 0.3) is 0 Å². The zero-order valence-corrected chi connectivity index (χ0v) is 9.56. The van der Waals surface area contributed by atoms with Crippen LogP contribution in [0.5, 0.6) is 5.88 Å². The largest absolute Gasteiger partial charge is 0.473 e. The molecule has 4 heteroatoms. The Kier molecular flexibility index (Phi) is 3.62. The minimum atomic E-state index is 0.226. The summed E-state index contributed by atoms with van der Waals surface area (Å²) in [4.78, 5) is 4.13. The monoisotopic (exact) mass is 222 g/mol. The summed E-state index contributed by atoms with van der Waals surface area (Å²) in [6.07, 6.45) is 6.43. The molecule has 1 aliphatic rings. The lowest BCUT2D eigenvalue weighted by Crippen LogP contribution is -2.28. The highest BCUT2D eigenvalue weighted by atomic mass is 16.5. The van der Waals surface area contributed by atoms with E-state index >= 15 is 0 Å². The summed E-state index contributed by atoms with van der Waals surface area (Å²) in [7, 11) is 1.77. The maximum absolute atomic E-state index is 5.79. The Balaban J connectivity index is 1.89. The van der Waals surface area contributed by atoms with Crippen molar-refractivity contribution in [2.24, 2.45) is 0 Å². The van der Waals surface area contributed by atoms with E-state index in [1.165, 1.54) is 0 Å². The van der Waals surface area contributed by atoms with Gasteiger partial charge in [0.2, 0.25) is 5.88 Å². The molecule has 16 heavy (non-hydrogen) atoms. The predicted molar refractivity (Wildman–Crippen MR) is 62.3 cm³/mol. The number of hydrogen-bond donors (Lipinski definition) is 1. The van der Waals surface area contributed by atoms with Crippen molar-refractivity contribution in [1.29, 1.82) is 0 Å². The SMILES string of the molecule is CO[C@H]1CC[C@H](Oc2ncccc2N)CC1. The first-order chi connectivity index (χ1) is 7.79. The van der Waals surface area contributed by atoms with Gasteiger partial charge in [0, 0.05) is 13.3 Å². The summed E-state index contributed by atoms with van der Waals surface area (Å²) >= 11 is 0. The Labute approximate surface area is 95.8 Å². The number of rotatable bonds is 3. The molecule has 2 rings (SSSR count). The fourth-order valence-electron chi connectivity index (χ4n) is 2.05. The van der Waals surface area contributed by atoms with Gasteiger partial charge in [-0.2, -0.15) is 0 Å². The number of ether oxygens (including phenoxy) is 2. The number of hydrogen-bond acceptors (Lipinski definition) is 4. The van der Waals surface area contributed by atoms with Gasteiger partial charge in [-0.15, -0.1) is 0 Å². The molecule has 1 heterocycles. The third kappa shape index (κ3) is 2.64. The zero-order chi connectivity index (χ0) is 11.4. The number of nitrogen functional groups attached to an aromatic ring is 1. The summed E-state index contributed by atoms with van der Waals surface area (Å²) < 4.78 is 11.1. The van der Waals surface area contributed by atoms with Crippen molar-refractivity contribution >= 4 is 5.69 Å². The zero-order valence-electron chi connectivity index (χ0n) is 9.56. The Morgan fingerprint density at radius 1 is 1.25 bits per heavy atom. The van der Waals surface area contributed by atoms with Crippen LogP contribution in [0.15, 0.2) is 18.3 Å². The van der Waals surface area contributed by atoms with Crippen molar-refractivity contribution in [3.05, 3.63) is 18.3 Å². The lowest BCUT2D eigenvalue weighted by Gasteiger charge is -2.27. The molecule has 0 spiro atoms. The molecule has 0 aliphatic heterocycles. The summed E-state index contributed by atoms with van der Waals surface area (Å²) in [5, 5.41) is 0. The van der Waals surface area contributed by atoms with Crippen LogP contribution in [-0.4, -0.2) is 24.3 Å². The second-order valence-corrected chi connectivity index (χ2v) is 4.15. The number of nitrogens with two attached hydrogens (primary N) is 1. The van der Waals surface area contributed by atoms with Crippen LogP contribution >= 0.6 is 0 Å². The van der Waals surface area contributed by atoms with Crippen molar-refractivity contribution in [3.63, 3.8) is 0 Å². The summed E-state index contributed by atoms with van der Waals surface area (Å²) in [5.41, 5.74) is 6.39. The van der Waals surface area contributed by atoms with Crippen LogP contribution in [0.3, 0.4) is 0 Å². The van der Waals surface area contributed by atoms with Crippen LogP contribution in [-0.2, 0) is 4.74 Å². The average Bonchev–Trinajstić information content (AvgIpc) is 2.33. The Hall–Kier alpha value is -1.29. The molecule has 1 saturated carbocycles. The average molecular weight is 222 g/mol. The maximum Gasteiger partial charge on any atom is 0.237 e. The number of pyridine rings is 1. The molecule has 0 atom stereocenters. The second-order valence-electron chi connectivity index (χ2n) is 4.15. The molecular formula is C12H18N2O2. The van der Waals surface area contributed by atoms with E-state index in [-0.39, 0.29) is 6.10 Å². The van der Waals surface area contributed by atoms with Crippen molar-refractivity contribution in [3.8, 4) is 5.88 Å². The molecule has 0 amide bonds. The quantitative estimate of drug-likeness (QED) is 0.849. The van der Waals surface area contributed by atoms with Gasteiger partial charge < -0.3 is 15.2 Å². The Morgan fingerprint density at radius 3 is 2.56 bits per heavy atom. The molecule has 0 unspecified atom stereocenters. The molecule has 1 fully saturated rings. The molecule has 0 aromatic carbocycles. The molecule has 1 aromatic rings. The van der Waals surface area contributed by atoms with E-state index in [1.54, 1.807) is 13.3 Å². The van der Waals surface area contributed by atoms with Crippen LogP contribution < -0.4 is 10.5 Å². The fraction of sp³-hybridized carbons (Fsp3) is 0.583. The standard InChI is InChI=1S/C12H18N2O2/c1-15-9-4-6-10(7-5-9)16-12-11(13)3-2-8-14-12/h2-3,8-10H,4-7,13H2,1H3/t9-,10-. The van der Waals surface area contributed by atoms with Gasteiger partial charge in [-0.3, -0.25) is 0 Å². The van der Waals surface area contributed by atoms with Gasteiger partial charge in [-0.1, -0.05) is 0 Å². The van der Waals surface area contributed by atoms with Crippen LogP contribution in [0.2, 0.25) is 0 Å². The summed E-state index contributed by atoms with van der Waals surface area (Å²) in [6.45, 7) is 0. The van der Waals surface area contributed by atoms with Crippen LogP contribution in [0.4, 0.5) is 5.69 Å². The fourth-order valence-corrected chi connectivity index (χ4v) is 2.05. The van der Waals surface area contributed by atoms with Gasteiger partial charge in [0.05, 0.1) is 11.8 Å². The van der Waals surface area contributed by atoms with E-state index in [1.807, 2.05) is 12.1 Å². The van der Waals surface area contributed by atoms with Crippen LogP contribution in [0, 0.1) is 0 Å². The first-order valence-electron chi connectivity index (χ1n) is 5.69. The smallest absolute Gasteiger partial charge is 0.237 e. The number of anilines is 1. The molecular weight excluding hydrogens is 204 g/mol. The van der Waals surface area contributed by atoms with Gasteiger partial charge in [-0.05, 0) is 37.8 Å². The normalized spacial score (nSPS) is 25.3. The number of methoxy groups -OCH3 is 1. The summed E-state index contributed by atoms with van der Waals surface area (Å²) in [5.74, 6) is 0.559. The van der Waals surface area contributed by atoms with Gasteiger partial charge in [-0.25, -0.2) is 4.98 Å². The number of aromatic nitrogens is 1. The highest BCUT2D eigenvalue weighted by molar-refractivity contribution is 5.46. The van der Waals surface area contributed by atoms with Crippen LogP contribution in [0.1, 0.15) is 25.7 Å². The Morgan fingerprint density at radius 2 is 1.94 bits per heavy atom. The van der Waals surface area contributed by atoms with Crippen molar-refractivity contribution in [2.45, 2.75) is 37.9 Å². The van der Waals surface area contributed by atoms with E-state index in [4.69, 9.17) is 15.2 Å². The molecule has 1 aromatic heterocycles. The van der Waals surface area contributed by atoms with Crippen molar-refractivity contribution < 1.29 is 9.47 Å². The highest BCUT2D eigenvalue weighted by Crippen LogP contribution is 2.26. The van der Waals surface area contributed by atoms with E-state index in [2.05, 4.69) is 4.98 Å². The van der Waals surface area contributed by atoms with Gasteiger partial charge in [0.1, 0.15) is 6.10 Å². The van der Waals surface area contributed by atoms with Gasteiger partial charge in [0.25, 0.3) is 0 Å². The van der Waals surface area contributed by atoms with E-state index in [9.17, 15) is 0 Å². The van der Waals surface area contributed by atoms with Gasteiger partial charge >= 0.3 is 0 Å². The predicted octanol–water partition coefficient (Wildman–Crippen LogP) is 2.00. The van der Waals surface area contributed by atoms with E-state index in [0.717, 1.165) is 25.7 Å². The topological polar surface area (TPSA) is 57.4 Å². The lowest BCUT2D eigenvalue weighted by molar-refractivity contribution is 0.0317. The molecule has 0 saturated heterocycles. The van der Waals surface area contributed by atoms with Crippen molar-refractivity contribution in [1.82, 2.24) is 4.98 Å². The van der Waals surface area contributed by atoms with Crippen molar-refractivity contribution in [2.75, 3.05) is 12.8 Å². The second kappa shape index (κ2) is 5.16. The highest BCUT2D eigenvalue weighted by Gasteiger charge is 2.22. The molecule has 4 nitrogen and oxygen atoms in total. The minimum absolute atomic E-state index is 0.226. The first kappa shape index (κ1) is 11.2. The Bertz CT molecular complexity index is 336. The third-order valence-electron chi connectivity index (χ3n) is 3.03. The maximum atomic E-state index is 5.79. The third-order valence-corrected chi connectivity index (χ3v) is 3.03. The molecule has 88 valence electrons. The molecule has 1 aliphatic carbocycles. The first-order valence-corrected chi connectivity index (χ1v) is 5.69. The summed E-state index contributed by atoms with van der Waals surface area (Å²) in [6, 6.07) is 3.62.